The summed E-state index contributed by atoms with van der Waals surface area (Å²) in [5, 5.41) is 0. The Bertz CT molecular complexity index is 134. The maximum absolute atomic E-state index is 5.44. The van der Waals surface area contributed by atoms with Crippen LogP contribution < -0.4 is 0 Å². The Hall–Kier alpha value is -0.600. The van der Waals surface area contributed by atoms with Crippen molar-refractivity contribution >= 4 is 0 Å². The number of hydrogen-bond donors (Lipinski definition) is 0. The van der Waals surface area contributed by atoms with Crippen molar-refractivity contribution < 1.29 is 9.47 Å². The van der Waals surface area contributed by atoms with E-state index in [9.17, 15) is 0 Å². The van der Waals surface area contributed by atoms with E-state index in [2.05, 4.69) is 6.92 Å². The first-order valence-corrected chi connectivity index (χ1v) is 4.80. The van der Waals surface area contributed by atoms with Gasteiger partial charge in [0.25, 0.3) is 0 Å². The van der Waals surface area contributed by atoms with Crippen LogP contribution in [0, 0.1) is 0 Å². The summed E-state index contributed by atoms with van der Waals surface area (Å²) < 4.78 is 10.9. The fourth-order valence-corrected chi connectivity index (χ4v) is 0.802. The average Bonchev–Trinajstić information content (AvgIpc) is 2.16. The van der Waals surface area contributed by atoms with Gasteiger partial charge in [-0.15, -0.1) is 0 Å². The Kier molecular flexibility index (Phi) is 9.05. The van der Waals surface area contributed by atoms with Gasteiger partial charge >= 0.3 is 0 Å². The summed E-state index contributed by atoms with van der Waals surface area (Å²) in [5.74, 6) is 0. The monoisotopic (exact) mass is 184 g/mol. The van der Waals surface area contributed by atoms with Gasteiger partial charge in [0.05, 0.1) is 13.2 Å². The van der Waals surface area contributed by atoms with E-state index >= 15 is 0 Å². The zero-order chi connectivity index (χ0) is 9.94. The average molecular weight is 184 g/mol. The molecular formula is C11H20O2. The second kappa shape index (κ2) is 9.49. The molecule has 2 heteroatoms. The topological polar surface area (TPSA) is 18.5 Å². The standard InChI is InChI=1S/C11H20O2/c1-4-7-9-12-11(6-3)13-10-8-5-2/h4-5,7-8,11H,6,9-10H2,1-3H3/b7-4+,8-5+. The molecule has 0 N–H and O–H groups in total. The van der Waals surface area contributed by atoms with Crippen molar-refractivity contribution in [3.05, 3.63) is 24.3 Å². The van der Waals surface area contributed by atoms with Gasteiger partial charge in [-0.25, -0.2) is 0 Å². The molecule has 0 heterocycles. The van der Waals surface area contributed by atoms with Gasteiger partial charge in [0.1, 0.15) is 0 Å². The third-order valence-corrected chi connectivity index (χ3v) is 1.56. The molecule has 2 nitrogen and oxygen atoms in total. The van der Waals surface area contributed by atoms with Crippen LogP contribution in [0.25, 0.3) is 0 Å². The maximum atomic E-state index is 5.44. The Morgan fingerprint density at radius 1 is 1.00 bits per heavy atom. The second-order valence-electron chi connectivity index (χ2n) is 2.64. The third-order valence-electron chi connectivity index (χ3n) is 1.56. The predicted octanol–water partition coefficient (Wildman–Crippen LogP) is 2.91. The largest absolute Gasteiger partial charge is 0.349 e. The highest BCUT2D eigenvalue weighted by molar-refractivity contribution is 4.77. The van der Waals surface area contributed by atoms with E-state index in [1.54, 1.807) is 0 Å². The van der Waals surface area contributed by atoms with Crippen LogP contribution in [0.15, 0.2) is 24.3 Å². The minimum absolute atomic E-state index is 0.0765. The van der Waals surface area contributed by atoms with Crippen LogP contribution >= 0.6 is 0 Å². The van der Waals surface area contributed by atoms with Gasteiger partial charge in [-0.2, -0.15) is 0 Å². The molecule has 0 saturated heterocycles. The van der Waals surface area contributed by atoms with E-state index in [0.29, 0.717) is 13.2 Å². The fraction of sp³-hybridized carbons (Fsp3) is 0.636. The molecule has 0 aromatic heterocycles. The number of ether oxygens (including phenoxy) is 2. The molecule has 0 rings (SSSR count). The lowest BCUT2D eigenvalue weighted by molar-refractivity contribution is -0.127. The van der Waals surface area contributed by atoms with Crippen LogP contribution in [0.2, 0.25) is 0 Å². The lowest BCUT2D eigenvalue weighted by atomic mass is 10.4. The summed E-state index contributed by atoms with van der Waals surface area (Å²) >= 11 is 0. The van der Waals surface area contributed by atoms with E-state index in [0.717, 1.165) is 6.42 Å². The highest BCUT2D eigenvalue weighted by atomic mass is 16.7. The highest BCUT2D eigenvalue weighted by Gasteiger charge is 2.02. The summed E-state index contributed by atoms with van der Waals surface area (Å²) in [7, 11) is 0. The maximum Gasteiger partial charge on any atom is 0.158 e. The second-order valence-corrected chi connectivity index (χ2v) is 2.64. The summed E-state index contributed by atoms with van der Waals surface area (Å²) in [4.78, 5) is 0. The third kappa shape index (κ3) is 7.75. The van der Waals surface area contributed by atoms with Crippen molar-refractivity contribution in [2.75, 3.05) is 13.2 Å². The van der Waals surface area contributed by atoms with Crippen LogP contribution in [0.3, 0.4) is 0 Å². The van der Waals surface area contributed by atoms with E-state index < -0.39 is 0 Å². The molecule has 0 amide bonds. The summed E-state index contributed by atoms with van der Waals surface area (Å²) in [5.41, 5.74) is 0. The Morgan fingerprint density at radius 3 is 1.77 bits per heavy atom. The predicted molar refractivity (Wildman–Crippen MR) is 55.6 cm³/mol. The molecule has 0 bridgehead atoms. The highest BCUT2D eigenvalue weighted by Crippen LogP contribution is 2.00. The molecule has 76 valence electrons. The lowest BCUT2D eigenvalue weighted by Gasteiger charge is -2.14. The Morgan fingerprint density at radius 2 is 1.46 bits per heavy atom. The van der Waals surface area contributed by atoms with E-state index in [-0.39, 0.29) is 6.29 Å². The first-order chi connectivity index (χ1) is 6.35. The Balaban J connectivity index is 3.50. The van der Waals surface area contributed by atoms with E-state index in [1.165, 1.54) is 0 Å². The van der Waals surface area contributed by atoms with Crippen molar-refractivity contribution in [1.82, 2.24) is 0 Å². The minimum atomic E-state index is -0.0765. The molecule has 0 aliphatic heterocycles. The SMILES string of the molecule is C/C=C/COC(CC)OC/C=C/C. The van der Waals surface area contributed by atoms with E-state index in [4.69, 9.17) is 9.47 Å². The first kappa shape index (κ1) is 12.4. The smallest absolute Gasteiger partial charge is 0.158 e. The van der Waals surface area contributed by atoms with Gasteiger partial charge in [0.2, 0.25) is 0 Å². The molecule has 0 unspecified atom stereocenters. The summed E-state index contributed by atoms with van der Waals surface area (Å²) in [6, 6.07) is 0. The molecule has 13 heavy (non-hydrogen) atoms. The van der Waals surface area contributed by atoms with Gasteiger partial charge in [-0.05, 0) is 20.3 Å². The van der Waals surface area contributed by atoms with Crippen LogP contribution in [0.4, 0.5) is 0 Å². The number of rotatable bonds is 7. The van der Waals surface area contributed by atoms with Crippen LogP contribution in [0.1, 0.15) is 27.2 Å². The number of allylic oxidation sites excluding steroid dienone is 2. The van der Waals surface area contributed by atoms with E-state index in [1.807, 2.05) is 38.2 Å². The van der Waals surface area contributed by atoms with Gasteiger partial charge in [-0.1, -0.05) is 31.2 Å². The fourth-order valence-electron chi connectivity index (χ4n) is 0.802. The summed E-state index contributed by atoms with van der Waals surface area (Å²) in [6.07, 6.45) is 8.70. The van der Waals surface area contributed by atoms with Crippen molar-refractivity contribution in [2.24, 2.45) is 0 Å². The molecule has 0 atom stereocenters. The summed E-state index contributed by atoms with van der Waals surface area (Å²) in [6.45, 7) is 7.27. The van der Waals surface area contributed by atoms with Crippen LogP contribution in [0.5, 0.6) is 0 Å². The molecule has 0 aliphatic rings. The van der Waals surface area contributed by atoms with Crippen LogP contribution in [-0.4, -0.2) is 19.5 Å². The quantitative estimate of drug-likeness (QED) is 0.447. The van der Waals surface area contributed by atoms with Crippen molar-refractivity contribution in [3.8, 4) is 0 Å². The molecule has 0 aliphatic carbocycles. The normalized spacial score (nSPS) is 12.3. The first-order valence-electron chi connectivity index (χ1n) is 4.80. The van der Waals surface area contributed by atoms with Crippen molar-refractivity contribution in [3.63, 3.8) is 0 Å². The van der Waals surface area contributed by atoms with Gasteiger partial charge < -0.3 is 9.47 Å². The molecule has 0 aromatic carbocycles. The molecule has 0 saturated carbocycles. The Labute approximate surface area is 81.2 Å². The molecule has 0 fully saturated rings. The number of hydrogen-bond acceptors (Lipinski definition) is 2. The van der Waals surface area contributed by atoms with Gasteiger partial charge in [0.15, 0.2) is 6.29 Å². The minimum Gasteiger partial charge on any atom is -0.349 e. The lowest BCUT2D eigenvalue weighted by Crippen LogP contribution is -2.16. The molecule has 0 spiro atoms. The van der Waals surface area contributed by atoms with Gasteiger partial charge in [0, 0.05) is 0 Å². The molecular weight excluding hydrogens is 164 g/mol. The zero-order valence-corrected chi connectivity index (χ0v) is 8.82. The van der Waals surface area contributed by atoms with Crippen molar-refractivity contribution in [2.45, 2.75) is 33.5 Å². The van der Waals surface area contributed by atoms with Gasteiger partial charge in [-0.3, -0.25) is 0 Å². The van der Waals surface area contributed by atoms with Crippen LogP contribution in [-0.2, 0) is 9.47 Å². The van der Waals surface area contributed by atoms with Crippen molar-refractivity contribution in [1.29, 1.82) is 0 Å². The molecule has 0 aromatic rings. The molecule has 0 radical (unpaired) electrons. The zero-order valence-electron chi connectivity index (χ0n) is 8.82.